The molecule has 0 radical (unpaired) electrons. The lowest BCUT2D eigenvalue weighted by molar-refractivity contribution is -0.136. The molecule has 4 rings (SSSR count). The number of anilines is 1. The lowest BCUT2D eigenvalue weighted by atomic mass is 10.1. The van der Waals surface area contributed by atoms with Crippen LogP contribution < -0.4 is 16.1 Å². The summed E-state index contributed by atoms with van der Waals surface area (Å²) in [6, 6.07) is 23.3. The van der Waals surface area contributed by atoms with Gasteiger partial charge in [0.05, 0.1) is 5.52 Å². The second-order valence-corrected chi connectivity index (χ2v) is 8.81. The van der Waals surface area contributed by atoms with E-state index in [-0.39, 0.29) is 5.69 Å². The van der Waals surface area contributed by atoms with Gasteiger partial charge in [0, 0.05) is 27.1 Å². The Morgan fingerprint density at radius 1 is 0.882 bits per heavy atom. The van der Waals surface area contributed by atoms with Crippen molar-refractivity contribution in [1.82, 2.24) is 9.99 Å². The van der Waals surface area contributed by atoms with Crippen molar-refractivity contribution in [3.05, 3.63) is 99.6 Å². The third-order valence-electron chi connectivity index (χ3n) is 5.06. The fourth-order valence-electron chi connectivity index (χ4n) is 3.40. The van der Waals surface area contributed by atoms with E-state index in [9.17, 15) is 14.4 Å². The molecule has 3 amide bonds. The number of carbonyl (C=O) groups excluding carboxylic acids is 3. The molecule has 0 aliphatic heterocycles. The van der Waals surface area contributed by atoms with Crippen molar-refractivity contribution in [3.63, 3.8) is 0 Å². The average Bonchev–Trinajstić information content (AvgIpc) is 3.18. The van der Waals surface area contributed by atoms with Crippen molar-refractivity contribution in [1.29, 1.82) is 0 Å². The van der Waals surface area contributed by atoms with Gasteiger partial charge < -0.3 is 10.6 Å². The largest absolute Gasteiger partial charge is 0.347 e. The minimum absolute atomic E-state index is 0.161. The van der Waals surface area contributed by atoms with Gasteiger partial charge in [-0.1, -0.05) is 57.9 Å². The Kier molecular flexibility index (Phi) is 7.30. The molecule has 4 aromatic rings. The van der Waals surface area contributed by atoms with E-state index in [1.54, 1.807) is 42.5 Å². The number of halogens is 2. The van der Waals surface area contributed by atoms with Crippen LogP contribution in [-0.4, -0.2) is 28.9 Å². The Bertz CT molecular complexity index is 1350. The molecule has 0 unspecified atom stereocenters. The van der Waals surface area contributed by atoms with Crippen molar-refractivity contribution < 1.29 is 14.4 Å². The van der Waals surface area contributed by atoms with Gasteiger partial charge in [-0.15, -0.1) is 0 Å². The van der Waals surface area contributed by atoms with Gasteiger partial charge in [0.2, 0.25) is 0 Å². The van der Waals surface area contributed by atoms with Crippen molar-refractivity contribution >= 4 is 61.8 Å². The van der Waals surface area contributed by atoms with E-state index in [4.69, 9.17) is 11.6 Å². The number of hydrogen-bond donors (Lipinski definition) is 3. The quantitative estimate of drug-likeness (QED) is 0.309. The van der Waals surface area contributed by atoms with Crippen LogP contribution in [0.4, 0.5) is 5.69 Å². The molecule has 0 spiro atoms. The van der Waals surface area contributed by atoms with Crippen LogP contribution in [0.5, 0.6) is 0 Å². The summed E-state index contributed by atoms with van der Waals surface area (Å²) in [5, 5.41) is 6.64. The molecule has 1 aromatic heterocycles. The maximum absolute atomic E-state index is 13.0. The number of rotatable bonds is 6. The second-order valence-electron chi connectivity index (χ2n) is 7.46. The summed E-state index contributed by atoms with van der Waals surface area (Å²) in [5.41, 5.74) is 4.86. The number of aromatic nitrogens is 1. The predicted molar refractivity (Wildman–Crippen MR) is 137 cm³/mol. The second kappa shape index (κ2) is 10.5. The van der Waals surface area contributed by atoms with Crippen LogP contribution in [0.2, 0.25) is 5.02 Å². The molecule has 0 saturated heterocycles. The topological polar surface area (TPSA) is 92.2 Å². The van der Waals surface area contributed by atoms with Crippen LogP contribution in [0.1, 0.15) is 16.1 Å². The number of fused-ring (bicyclic) bond motifs is 1. The van der Waals surface area contributed by atoms with Crippen LogP contribution in [0, 0.1) is 0 Å². The Morgan fingerprint density at radius 2 is 1.62 bits per heavy atom. The SMILES string of the molecule is O=C(NCCc1ccccc1)C(=O)Nn1c(C(=O)Nc2ccc(Cl)cc2)cc2cc(Br)ccc21. The van der Waals surface area contributed by atoms with Gasteiger partial charge in [-0.25, -0.2) is 4.68 Å². The first-order valence-corrected chi connectivity index (χ1v) is 11.6. The molecule has 0 bridgehead atoms. The Labute approximate surface area is 209 Å². The molecule has 3 aromatic carbocycles. The first kappa shape index (κ1) is 23.5. The van der Waals surface area contributed by atoms with E-state index in [1.807, 2.05) is 36.4 Å². The summed E-state index contributed by atoms with van der Waals surface area (Å²) in [6.45, 7) is 0.305. The van der Waals surface area contributed by atoms with E-state index >= 15 is 0 Å². The molecular weight excluding hydrogens is 520 g/mol. The lowest BCUT2D eigenvalue weighted by Crippen LogP contribution is -2.40. The third kappa shape index (κ3) is 5.65. The minimum atomic E-state index is -0.881. The molecule has 0 aliphatic rings. The Balaban J connectivity index is 1.51. The first-order chi connectivity index (χ1) is 16.4. The normalized spacial score (nSPS) is 10.6. The van der Waals surface area contributed by atoms with E-state index in [0.717, 1.165) is 10.0 Å². The molecule has 1 heterocycles. The zero-order valence-electron chi connectivity index (χ0n) is 17.8. The highest BCUT2D eigenvalue weighted by atomic mass is 79.9. The summed E-state index contributed by atoms with van der Waals surface area (Å²) >= 11 is 9.32. The van der Waals surface area contributed by atoms with Gasteiger partial charge in [-0.2, -0.15) is 0 Å². The van der Waals surface area contributed by atoms with Crippen molar-refractivity contribution in [2.45, 2.75) is 6.42 Å². The third-order valence-corrected chi connectivity index (χ3v) is 5.81. The van der Waals surface area contributed by atoms with Gasteiger partial charge in [0.15, 0.2) is 0 Å². The van der Waals surface area contributed by atoms with Crippen molar-refractivity contribution in [2.75, 3.05) is 17.3 Å². The van der Waals surface area contributed by atoms with Crippen LogP contribution in [0.15, 0.2) is 83.3 Å². The first-order valence-electron chi connectivity index (χ1n) is 10.4. The standard InChI is InChI=1S/C25H20BrClN4O3/c26-18-6-11-21-17(14-18)15-22(23(32)29-20-9-7-19(27)8-10-20)31(21)30-25(34)24(33)28-13-12-16-4-2-1-3-5-16/h1-11,14-15H,12-13H2,(H,28,33)(H,29,32)(H,30,34). The van der Waals surface area contributed by atoms with Crippen LogP contribution >= 0.6 is 27.5 Å². The summed E-state index contributed by atoms with van der Waals surface area (Å²) in [7, 11) is 0. The molecule has 0 fully saturated rings. The van der Waals surface area contributed by atoms with Gasteiger partial charge in [-0.3, -0.25) is 19.8 Å². The zero-order chi connectivity index (χ0) is 24.1. The maximum atomic E-state index is 13.0. The molecule has 0 saturated carbocycles. The summed E-state index contributed by atoms with van der Waals surface area (Å²) in [4.78, 5) is 38.1. The predicted octanol–water partition coefficient (Wildman–Crippen LogP) is 4.74. The van der Waals surface area contributed by atoms with E-state index in [0.29, 0.717) is 34.6 Å². The fourth-order valence-corrected chi connectivity index (χ4v) is 3.90. The summed E-state index contributed by atoms with van der Waals surface area (Å²) in [6.07, 6.45) is 0.592. The highest BCUT2D eigenvalue weighted by molar-refractivity contribution is 9.10. The van der Waals surface area contributed by atoms with Gasteiger partial charge in [0.25, 0.3) is 5.91 Å². The number of nitrogens with zero attached hydrogens (tertiary/aromatic N) is 1. The van der Waals surface area contributed by atoms with E-state index in [2.05, 4.69) is 32.0 Å². The van der Waals surface area contributed by atoms with Crippen LogP contribution in [0.25, 0.3) is 10.9 Å². The van der Waals surface area contributed by atoms with Gasteiger partial charge in [0.1, 0.15) is 5.69 Å². The fraction of sp³-hybridized carbons (Fsp3) is 0.0800. The molecule has 9 heteroatoms. The monoisotopic (exact) mass is 538 g/mol. The number of hydrogen-bond acceptors (Lipinski definition) is 3. The molecule has 7 nitrogen and oxygen atoms in total. The van der Waals surface area contributed by atoms with Gasteiger partial charge >= 0.3 is 11.8 Å². The molecule has 34 heavy (non-hydrogen) atoms. The van der Waals surface area contributed by atoms with E-state index < -0.39 is 17.7 Å². The molecule has 172 valence electrons. The summed E-state index contributed by atoms with van der Waals surface area (Å²) < 4.78 is 2.12. The zero-order valence-corrected chi connectivity index (χ0v) is 20.2. The molecule has 0 atom stereocenters. The number of amides is 3. The smallest absolute Gasteiger partial charge is 0.328 e. The van der Waals surface area contributed by atoms with Crippen molar-refractivity contribution in [3.8, 4) is 0 Å². The number of carbonyl (C=O) groups is 3. The minimum Gasteiger partial charge on any atom is -0.347 e. The number of benzene rings is 3. The highest BCUT2D eigenvalue weighted by Gasteiger charge is 2.21. The van der Waals surface area contributed by atoms with E-state index in [1.165, 1.54) is 4.68 Å². The Hall–Kier alpha value is -3.62. The number of nitrogens with one attached hydrogen (secondary N) is 3. The molecular formula is C25H20BrClN4O3. The lowest BCUT2D eigenvalue weighted by Gasteiger charge is -2.13. The Morgan fingerprint density at radius 3 is 2.35 bits per heavy atom. The van der Waals surface area contributed by atoms with Gasteiger partial charge in [-0.05, 0) is 60.5 Å². The van der Waals surface area contributed by atoms with Crippen LogP contribution in [-0.2, 0) is 16.0 Å². The van der Waals surface area contributed by atoms with Crippen LogP contribution in [0.3, 0.4) is 0 Å². The summed E-state index contributed by atoms with van der Waals surface area (Å²) in [5.74, 6) is -2.13. The molecule has 3 N–H and O–H groups in total. The average molecular weight is 540 g/mol. The van der Waals surface area contributed by atoms with Crippen molar-refractivity contribution in [2.24, 2.45) is 0 Å². The molecule has 0 aliphatic carbocycles. The highest BCUT2D eigenvalue weighted by Crippen LogP contribution is 2.24. The maximum Gasteiger partial charge on any atom is 0.328 e.